The second-order valence-corrected chi connectivity index (χ2v) is 13.2. The maximum atomic E-state index is 13.9. The summed E-state index contributed by atoms with van der Waals surface area (Å²) in [6.07, 6.45) is 1.84. The highest BCUT2D eigenvalue weighted by atomic mass is 16.6. The molecule has 0 spiro atoms. The molecule has 7 rings (SSSR count). The van der Waals surface area contributed by atoms with Crippen molar-refractivity contribution >= 4 is 17.1 Å². The summed E-state index contributed by atoms with van der Waals surface area (Å²) in [6, 6.07) is 49.5. The Labute approximate surface area is 294 Å². The number of hydrogen-bond acceptors (Lipinski definition) is 4. The molecule has 1 aromatic heterocycles. The number of fused-ring (bicyclic) bond motifs is 1. The van der Waals surface area contributed by atoms with Crippen LogP contribution in [0.25, 0.3) is 11.0 Å². The molecular weight excluding hydrogens is 620 g/mol. The van der Waals surface area contributed by atoms with Gasteiger partial charge in [-0.05, 0) is 53.6 Å². The van der Waals surface area contributed by atoms with Crippen LogP contribution in [0.5, 0.6) is 0 Å². The van der Waals surface area contributed by atoms with Gasteiger partial charge >= 0.3 is 11.8 Å². The smallest absolute Gasteiger partial charge is 0.409 e. The first-order chi connectivity index (χ1) is 24.6. The van der Waals surface area contributed by atoms with E-state index < -0.39 is 0 Å². The molecule has 0 radical (unpaired) electrons. The second-order valence-electron chi connectivity index (χ2n) is 13.2. The Kier molecular flexibility index (Phi) is 10.5. The molecule has 0 N–H and O–H groups in total. The Morgan fingerprint density at radius 3 is 1.68 bits per heavy atom. The van der Waals surface area contributed by atoms with E-state index in [4.69, 9.17) is 4.74 Å². The zero-order valence-corrected chi connectivity index (χ0v) is 28.4. The molecule has 0 bridgehead atoms. The number of benzene rings is 5. The average Bonchev–Trinajstić information content (AvgIpc) is 3.45. The maximum Gasteiger partial charge on any atom is 0.409 e. The van der Waals surface area contributed by atoms with Crippen LogP contribution < -0.4 is 5.69 Å². The van der Waals surface area contributed by atoms with E-state index in [1.54, 1.807) is 0 Å². The quantitative estimate of drug-likeness (QED) is 0.133. The highest BCUT2D eigenvalue weighted by molar-refractivity contribution is 5.76. The minimum atomic E-state index is -0.292. The van der Waals surface area contributed by atoms with E-state index in [1.807, 2.05) is 74.7 Å². The monoisotopic (exact) mass is 664 g/mol. The van der Waals surface area contributed by atoms with E-state index in [9.17, 15) is 9.59 Å². The Morgan fingerprint density at radius 1 is 0.640 bits per heavy atom. The molecule has 7 nitrogen and oxygen atoms in total. The zero-order chi connectivity index (χ0) is 34.1. The van der Waals surface area contributed by atoms with Crippen LogP contribution in [0.2, 0.25) is 0 Å². The lowest BCUT2D eigenvalue weighted by Crippen LogP contribution is -2.44. The molecule has 254 valence electrons. The van der Waals surface area contributed by atoms with Crippen LogP contribution in [0.3, 0.4) is 0 Å². The van der Waals surface area contributed by atoms with Crippen LogP contribution in [-0.4, -0.2) is 50.8 Å². The minimum absolute atomic E-state index is 0.00300. The first kappa shape index (κ1) is 33.1. The number of hydrogen-bond donors (Lipinski definition) is 0. The zero-order valence-electron chi connectivity index (χ0n) is 28.4. The van der Waals surface area contributed by atoms with E-state index >= 15 is 0 Å². The fraction of sp³-hybridized carbons (Fsp3) is 0.256. The molecule has 1 unspecified atom stereocenters. The molecule has 6 aromatic rings. The van der Waals surface area contributed by atoms with Crippen LogP contribution in [0.4, 0.5) is 4.79 Å². The van der Waals surface area contributed by atoms with Gasteiger partial charge in [-0.15, -0.1) is 0 Å². The van der Waals surface area contributed by atoms with Crippen molar-refractivity contribution in [2.24, 2.45) is 0 Å². The Morgan fingerprint density at radius 2 is 1.12 bits per heavy atom. The standard InChI is InChI=1S/C43H44N4O3/c48-42-46(32-37-21-11-4-12-22-37)40-23-13-14-24-41(40)47(42)38-25-27-44(28-26-38)43(49)50-33-39(29-34-15-5-1-6-16-34)45(30-35-17-7-2-8-18-35)31-36-19-9-3-10-20-36/h1-24,38-39H,25-33H2. The molecule has 1 aliphatic heterocycles. The van der Waals surface area contributed by atoms with Gasteiger partial charge in [0.05, 0.1) is 17.6 Å². The molecule has 1 aliphatic rings. The number of carbonyl (C=O) groups excluding carboxylic acids is 1. The number of likely N-dealkylation sites (tertiary alicyclic amines) is 1. The third-order valence-corrected chi connectivity index (χ3v) is 9.83. The highest BCUT2D eigenvalue weighted by Gasteiger charge is 2.29. The number of carbonyl (C=O) groups is 1. The molecule has 1 fully saturated rings. The van der Waals surface area contributed by atoms with Crippen molar-refractivity contribution in [3.63, 3.8) is 0 Å². The summed E-state index contributed by atoms with van der Waals surface area (Å²) in [5.74, 6) is 0. The van der Waals surface area contributed by atoms with Crippen LogP contribution in [0, 0.1) is 0 Å². The van der Waals surface area contributed by atoms with Gasteiger partial charge in [-0.3, -0.25) is 14.0 Å². The maximum absolute atomic E-state index is 13.9. The Hall–Kier alpha value is -5.40. The van der Waals surface area contributed by atoms with Gasteiger partial charge in [0.2, 0.25) is 0 Å². The van der Waals surface area contributed by atoms with Crippen molar-refractivity contribution in [1.82, 2.24) is 18.9 Å². The molecule has 0 aliphatic carbocycles. The van der Waals surface area contributed by atoms with E-state index in [-0.39, 0.29) is 30.5 Å². The summed E-state index contributed by atoms with van der Waals surface area (Å²) < 4.78 is 9.97. The van der Waals surface area contributed by atoms with Gasteiger partial charge < -0.3 is 9.64 Å². The lowest BCUT2D eigenvalue weighted by atomic mass is 10.0. The Bertz CT molecular complexity index is 1980. The summed E-state index contributed by atoms with van der Waals surface area (Å²) in [4.78, 5) is 31.7. The van der Waals surface area contributed by atoms with Gasteiger partial charge in [-0.2, -0.15) is 0 Å². The Balaban J connectivity index is 1.05. The van der Waals surface area contributed by atoms with Crippen molar-refractivity contribution in [2.75, 3.05) is 19.7 Å². The molecule has 1 saturated heterocycles. The number of rotatable bonds is 12. The molecule has 7 heteroatoms. The van der Waals surface area contributed by atoms with Crippen LogP contribution in [0.15, 0.2) is 150 Å². The van der Waals surface area contributed by atoms with Gasteiger partial charge in [-0.1, -0.05) is 133 Å². The number of imidazole rings is 1. The van der Waals surface area contributed by atoms with Crippen molar-refractivity contribution in [1.29, 1.82) is 0 Å². The summed E-state index contributed by atoms with van der Waals surface area (Å²) in [7, 11) is 0. The molecule has 50 heavy (non-hydrogen) atoms. The van der Waals surface area contributed by atoms with Gasteiger partial charge in [-0.25, -0.2) is 9.59 Å². The number of piperidine rings is 1. The van der Waals surface area contributed by atoms with Gasteiger partial charge in [0.25, 0.3) is 0 Å². The second kappa shape index (κ2) is 15.9. The van der Waals surface area contributed by atoms with Crippen LogP contribution >= 0.6 is 0 Å². The highest BCUT2D eigenvalue weighted by Crippen LogP contribution is 2.27. The lowest BCUT2D eigenvalue weighted by molar-refractivity contribution is 0.0517. The van der Waals surface area contributed by atoms with Gasteiger partial charge in [0.1, 0.15) is 6.61 Å². The fourth-order valence-corrected chi connectivity index (χ4v) is 7.20. The largest absolute Gasteiger partial charge is 0.448 e. The molecule has 2 heterocycles. The molecular formula is C43H44N4O3. The normalized spacial score (nSPS) is 14.2. The number of ether oxygens (including phenoxy) is 1. The predicted molar refractivity (Wildman–Crippen MR) is 199 cm³/mol. The lowest BCUT2D eigenvalue weighted by Gasteiger charge is -2.34. The van der Waals surface area contributed by atoms with Crippen LogP contribution in [0.1, 0.15) is 41.1 Å². The number of para-hydroxylation sites is 2. The number of amides is 1. The summed E-state index contributed by atoms with van der Waals surface area (Å²) in [5.41, 5.74) is 6.60. The van der Waals surface area contributed by atoms with E-state index in [1.165, 1.54) is 16.7 Å². The number of nitrogens with zero attached hydrogens (tertiary/aromatic N) is 4. The van der Waals surface area contributed by atoms with Crippen molar-refractivity contribution in [3.05, 3.63) is 178 Å². The van der Waals surface area contributed by atoms with Crippen molar-refractivity contribution < 1.29 is 9.53 Å². The summed E-state index contributed by atoms with van der Waals surface area (Å²) in [6.45, 7) is 3.35. The topological polar surface area (TPSA) is 59.7 Å². The fourth-order valence-electron chi connectivity index (χ4n) is 7.20. The molecule has 1 atom stereocenters. The molecule has 5 aromatic carbocycles. The molecule has 0 saturated carbocycles. The first-order valence-electron chi connectivity index (χ1n) is 17.6. The van der Waals surface area contributed by atoms with E-state index in [2.05, 4.69) is 89.8 Å². The van der Waals surface area contributed by atoms with Crippen molar-refractivity contribution in [2.45, 2.75) is 51.0 Å². The van der Waals surface area contributed by atoms with Gasteiger partial charge in [0.15, 0.2) is 0 Å². The third-order valence-electron chi connectivity index (χ3n) is 9.83. The minimum Gasteiger partial charge on any atom is -0.448 e. The number of aromatic nitrogens is 2. The van der Waals surface area contributed by atoms with E-state index in [0.29, 0.717) is 32.5 Å². The SMILES string of the molecule is O=C(OCC(Cc1ccccc1)N(Cc1ccccc1)Cc1ccccc1)N1CCC(n2c(=O)n(Cc3ccccc3)c3ccccc32)CC1. The van der Waals surface area contributed by atoms with Gasteiger partial charge in [0, 0.05) is 38.3 Å². The third kappa shape index (κ3) is 7.90. The van der Waals surface area contributed by atoms with E-state index in [0.717, 1.165) is 36.1 Å². The average molecular weight is 665 g/mol. The predicted octanol–water partition coefficient (Wildman–Crippen LogP) is 7.94. The summed E-state index contributed by atoms with van der Waals surface area (Å²) in [5, 5.41) is 0. The van der Waals surface area contributed by atoms with Crippen molar-refractivity contribution in [3.8, 4) is 0 Å². The molecule has 1 amide bonds. The van der Waals surface area contributed by atoms with Crippen LogP contribution in [-0.2, 0) is 30.8 Å². The summed E-state index contributed by atoms with van der Waals surface area (Å²) >= 11 is 0. The first-order valence-corrected chi connectivity index (χ1v) is 17.6.